The van der Waals surface area contributed by atoms with Gasteiger partial charge in [-0.2, -0.15) is 5.26 Å². The number of sulfonamides is 1. The number of nitrogens with one attached hydrogen (secondary N) is 1. The van der Waals surface area contributed by atoms with E-state index in [0.29, 0.717) is 4.90 Å². The maximum absolute atomic E-state index is 12.2. The first-order valence-corrected chi connectivity index (χ1v) is 8.57. The smallest absolute Gasteiger partial charge is 0.266 e. The van der Waals surface area contributed by atoms with Crippen LogP contribution in [0.15, 0.2) is 58.6 Å². The fourth-order valence-electron chi connectivity index (χ4n) is 1.63. The van der Waals surface area contributed by atoms with Crippen molar-refractivity contribution in [3.63, 3.8) is 0 Å². The molecule has 1 aromatic carbocycles. The molecular formula is C14H11N3O3S2. The van der Waals surface area contributed by atoms with E-state index < -0.39 is 15.9 Å². The lowest BCUT2D eigenvalue weighted by atomic mass is 10.2. The van der Waals surface area contributed by atoms with Crippen molar-refractivity contribution in [3.05, 3.63) is 54.4 Å². The Bertz CT molecular complexity index is 815. The number of rotatable bonds is 5. The molecule has 0 atom stereocenters. The number of pyridine rings is 1. The summed E-state index contributed by atoms with van der Waals surface area (Å²) < 4.78 is 26.2. The molecule has 2 rings (SSSR count). The molecule has 1 N–H and O–H groups in total. The van der Waals surface area contributed by atoms with Gasteiger partial charge in [-0.15, -0.1) is 11.8 Å². The van der Waals surface area contributed by atoms with Crippen LogP contribution in [-0.4, -0.2) is 25.1 Å². The summed E-state index contributed by atoms with van der Waals surface area (Å²) in [4.78, 5) is 16.4. The van der Waals surface area contributed by atoms with Crippen molar-refractivity contribution in [1.82, 2.24) is 9.71 Å². The summed E-state index contributed by atoms with van der Waals surface area (Å²) in [6.07, 6.45) is 2.60. The van der Waals surface area contributed by atoms with E-state index in [9.17, 15) is 13.2 Å². The SMILES string of the molecule is N#CCSc1ccccc1C(=O)NS(=O)(=O)c1cccnc1. The number of carbonyl (C=O) groups is 1. The van der Waals surface area contributed by atoms with Crippen molar-refractivity contribution in [2.75, 3.05) is 5.75 Å². The van der Waals surface area contributed by atoms with Gasteiger partial charge in [0.15, 0.2) is 0 Å². The van der Waals surface area contributed by atoms with Crippen molar-refractivity contribution < 1.29 is 13.2 Å². The first kappa shape index (κ1) is 16.0. The standard InChI is InChI=1S/C14H11N3O3S2/c15-7-9-21-13-6-2-1-5-12(13)14(18)17-22(19,20)11-4-3-8-16-10-11/h1-6,8,10H,9H2,(H,17,18). The monoisotopic (exact) mass is 333 g/mol. The molecule has 0 aliphatic rings. The molecule has 0 aliphatic heterocycles. The molecule has 0 spiro atoms. The number of benzene rings is 1. The van der Waals surface area contributed by atoms with Gasteiger partial charge >= 0.3 is 0 Å². The van der Waals surface area contributed by atoms with E-state index in [4.69, 9.17) is 5.26 Å². The Morgan fingerprint density at radius 3 is 2.73 bits per heavy atom. The van der Waals surface area contributed by atoms with Gasteiger partial charge in [0, 0.05) is 17.3 Å². The third-order valence-electron chi connectivity index (χ3n) is 2.60. The van der Waals surface area contributed by atoms with Crippen LogP contribution < -0.4 is 4.72 Å². The number of hydrogen-bond acceptors (Lipinski definition) is 6. The van der Waals surface area contributed by atoms with Gasteiger partial charge in [0.1, 0.15) is 4.90 Å². The Morgan fingerprint density at radius 2 is 2.05 bits per heavy atom. The fraction of sp³-hybridized carbons (Fsp3) is 0.0714. The zero-order valence-corrected chi connectivity index (χ0v) is 12.9. The van der Waals surface area contributed by atoms with Gasteiger partial charge < -0.3 is 0 Å². The van der Waals surface area contributed by atoms with E-state index in [-0.39, 0.29) is 16.2 Å². The molecule has 0 bridgehead atoms. The molecule has 22 heavy (non-hydrogen) atoms. The highest BCUT2D eigenvalue weighted by molar-refractivity contribution is 7.99. The fourth-order valence-corrected chi connectivity index (χ4v) is 3.27. The molecule has 0 aliphatic carbocycles. The maximum Gasteiger partial charge on any atom is 0.266 e. The predicted octanol–water partition coefficient (Wildman–Crippen LogP) is 1.82. The zero-order valence-electron chi connectivity index (χ0n) is 11.3. The van der Waals surface area contributed by atoms with Crippen molar-refractivity contribution in [2.24, 2.45) is 0 Å². The van der Waals surface area contributed by atoms with Crippen LogP contribution in [0.1, 0.15) is 10.4 Å². The summed E-state index contributed by atoms with van der Waals surface area (Å²) in [6.45, 7) is 0. The summed E-state index contributed by atoms with van der Waals surface area (Å²) in [6, 6.07) is 11.3. The van der Waals surface area contributed by atoms with Crippen LogP contribution in [-0.2, 0) is 10.0 Å². The molecular weight excluding hydrogens is 322 g/mol. The van der Waals surface area contributed by atoms with E-state index >= 15 is 0 Å². The van der Waals surface area contributed by atoms with Gasteiger partial charge in [-0.3, -0.25) is 9.78 Å². The summed E-state index contributed by atoms with van der Waals surface area (Å²) in [5, 5.41) is 8.62. The van der Waals surface area contributed by atoms with Crippen molar-refractivity contribution in [1.29, 1.82) is 5.26 Å². The molecule has 112 valence electrons. The quantitative estimate of drug-likeness (QED) is 0.838. The highest BCUT2D eigenvalue weighted by Gasteiger charge is 2.20. The van der Waals surface area contributed by atoms with E-state index in [1.54, 1.807) is 18.2 Å². The second kappa shape index (κ2) is 7.06. The molecule has 0 fully saturated rings. The van der Waals surface area contributed by atoms with Crippen LogP contribution >= 0.6 is 11.8 Å². The molecule has 1 amide bonds. The average Bonchev–Trinajstić information content (AvgIpc) is 2.53. The molecule has 2 aromatic rings. The number of carbonyl (C=O) groups excluding carboxylic acids is 1. The number of nitrogens with zero attached hydrogens (tertiary/aromatic N) is 2. The van der Waals surface area contributed by atoms with Gasteiger partial charge in [0.2, 0.25) is 0 Å². The lowest BCUT2D eigenvalue weighted by molar-refractivity contribution is 0.0978. The number of thioether (sulfide) groups is 1. The first-order chi connectivity index (χ1) is 10.5. The van der Waals surface area contributed by atoms with Crippen molar-refractivity contribution in [3.8, 4) is 6.07 Å². The first-order valence-electron chi connectivity index (χ1n) is 6.10. The van der Waals surface area contributed by atoms with Gasteiger partial charge in [-0.05, 0) is 24.3 Å². The van der Waals surface area contributed by atoms with Crippen LogP contribution in [0.25, 0.3) is 0 Å². The third-order valence-corrected chi connectivity index (χ3v) is 4.85. The summed E-state index contributed by atoms with van der Waals surface area (Å²) >= 11 is 1.17. The van der Waals surface area contributed by atoms with Crippen LogP contribution in [0.5, 0.6) is 0 Å². The van der Waals surface area contributed by atoms with Gasteiger partial charge in [0.05, 0.1) is 17.4 Å². The number of nitriles is 1. The Balaban J connectivity index is 2.25. The minimum atomic E-state index is -3.98. The Labute approximate surface area is 132 Å². The zero-order chi connectivity index (χ0) is 16.0. The van der Waals surface area contributed by atoms with Gasteiger partial charge in [-0.25, -0.2) is 13.1 Å². The minimum Gasteiger partial charge on any atom is -0.268 e. The highest BCUT2D eigenvalue weighted by Crippen LogP contribution is 2.22. The average molecular weight is 333 g/mol. The van der Waals surface area contributed by atoms with Crippen LogP contribution in [0, 0.1) is 11.3 Å². The molecule has 6 nitrogen and oxygen atoms in total. The van der Waals surface area contributed by atoms with E-state index in [0.717, 1.165) is 6.20 Å². The van der Waals surface area contributed by atoms with Gasteiger partial charge in [0.25, 0.3) is 15.9 Å². The molecule has 0 saturated heterocycles. The Hall–Kier alpha value is -2.37. The molecule has 0 saturated carbocycles. The normalized spacial score (nSPS) is 10.7. The molecule has 8 heteroatoms. The minimum absolute atomic E-state index is 0.0921. The van der Waals surface area contributed by atoms with Crippen LogP contribution in [0.4, 0.5) is 0 Å². The number of amides is 1. The lowest BCUT2D eigenvalue weighted by Gasteiger charge is -2.09. The van der Waals surface area contributed by atoms with Crippen LogP contribution in [0.2, 0.25) is 0 Å². The van der Waals surface area contributed by atoms with E-state index in [1.807, 2.05) is 10.8 Å². The second-order valence-corrected chi connectivity index (χ2v) is 6.77. The summed E-state index contributed by atoms with van der Waals surface area (Å²) in [5.41, 5.74) is 0.204. The summed E-state index contributed by atoms with van der Waals surface area (Å²) in [7, 11) is -3.98. The highest BCUT2D eigenvalue weighted by atomic mass is 32.2. The molecule has 0 radical (unpaired) electrons. The van der Waals surface area contributed by atoms with Crippen molar-refractivity contribution in [2.45, 2.75) is 9.79 Å². The Morgan fingerprint density at radius 1 is 1.27 bits per heavy atom. The van der Waals surface area contributed by atoms with Gasteiger partial charge in [-0.1, -0.05) is 12.1 Å². The lowest BCUT2D eigenvalue weighted by Crippen LogP contribution is -2.31. The molecule has 1 aromatic heterocycles. The second-order valence-electron chi connectivity index (χ2n) is 4.07. The van der Waals surface area contributed by atoms with E-state index in [1.165, 1.54) is 36.2 Å². The third kappa shape index (κ3) is 3.84. The topological polar surface area (TPSA) is 99.9 Å². The summed E-state index contributed by atoms with van der Waals surface area (Å²) in [5.74, 6) is -0.579. The number of aromatic nitrogens is 1. The van der Waals surface area contributed by atoms with Crippen LogP contribution in [0.3, 0.4) is 0 Å². The van der Waals surface area contributed by atoms with E-state index in [2.05, 4.69) is 4.98 Å². The van der Waals surface area contributed by atoms with Crippen molar-refractivity contribution >= 4 is 27.7 Å². The maximum atomic E-state index is 12.2. The number of hydrogen-bond donors (Lipinski definition) is 1. The molecule has 0 unspecified atom stereocenters. The Kier molecular flexibility index (Phi) is 5.14. The predicted molar refractivity (Wildman–Crippen MR) is 81.7 cm³/mol. The molecule has 1 heterocycles. The largest absolute Gasteiger partial charge is 0.268 e.